The monoisotopic (exact) mass is 300 g/mol. The number of aliphatic hydroxyl groups is 1. The zero-order chi connectivity index (χ0) is 34.5. The van der Waals surface area contributed by atoms with Gasteiger partial charge in [-0.05, 0) is 44.3 Å². The maximum absolute atomic E-state index is 12.0. The Hall–Kier alpha value is -1.06. The predicted molar refractivity (Wildman–Crippen MR) is 82.3 cm³/mol. The van der Waals surface area contributed by atoms with Crippen molar-refractivity contribution in [1.82, 2.24) is 4.90 Å². The Morgan fingerprint density at radius 1 is 1.35 bits per heavy atom. The molecule has 0 heterocycles. The molecule has 1 aromatic carbocycles. The van der Waals surface area contributed by atoms with Crippen LogP contribution in [0.4, 0.5) is 0 Å². The summed E-state index contributed by atoms with van der Waals surface area (Å²) in [6, 6.07) is -5.58. The molecule has 0 aliphatic heterocycles. The summed E-state index contributed by atoms with van der Waals surface area (Å²) in [7, 11) is -3.36. The molecule has 3 nitrogen and oxygen atoms in total. The number of likely N-dealkylation sites (N-methyl/N-ethyl adjacent to an activating group) is 1. The van der Waals surface area contributed by atoms with Crippen LogP contribution in [-0.2, 0) is 0 Å². The van der Waals surface area contributed by atoms with Crippen molar-refractivity contribution >= 4 is 0 Å². The minimum atomic E-state index is -4.40. The van der Waals surface area contributed by atoms with Gasteiger partial charge in [0.2, 0.25) is 0 Å². The first-order valence-corrected chi connectivity index (χ1v) is 5.38. The molecule has 1 unspecified atom stereocenters. The maximum Gasteiger partial charge on any atom is 0.118 e. The van der Waals surface area contributed by atoms with E-state index in [1.165, 1.54) is 0 Å². The Bertz CT molecular complexity index is 1170. The van der Waals surface area contributed by atoms with Gasteiger partial charge >= 0.3 is 0 Å². The van der Waals surface area contributed by atoms with Gasteiger partial charge in [-0.15, -0.1) is 0 Å². The second kappa shape index (κ2) is 6.59. The molecule has 1 saturated carbocycles. The lowest BCUT2D eigenvalue weighted by Crippen LogP contribution is -2.42. The van der Waals surface area contributed by atoms with Gasteiger partial charge in [-0.25, -0.2) is 0 Å². The summed E-state index contributed by atoms with van der Waals surface area (Å²) in [4.78, 5) is -0.415. The first-order valence-electron chi connectivity index (χ1n) is 16.9. The Morgan fingerprint density at radius 2 is 2.05 bits per heavy atom. The van der Waals surface area contributed by atoms with Gasteiger partial charge in [-0.3, -0.25) is 0 Å². The van der Waals surface area contributed by atoms with Gasteiger partial charge in [0.25, 0.3) is 0 Å². The molecule has 1 aliphatic rings. The summed E-state index contributed by atoms with van der Waals surface area (Å²) < 4.78 is 188. The second-order valence-electron chi connectivity index (χ2n) is 3.90. The summed E-state index contributed by atoms with van der Waals surface area (Å²) >= 11 is 0. The van der Waals surface area contributed by atoms with E-state index in [1.807, 2.05) is 0 Å². The average molecular weight is 301 g/mol. The fraction of sp³-hybridized carbons (Fsp3) is 0.647. The van der Waals surface area contributed by atoms with Gasteiger partial charge < -0.3 is 14.7 Å². The summed E-state index contributed by atoms with van der Waals surface area (Å²) in [6.07, 6.45) is -21.2. The highest BCUT2D eigenvalue weighted by molar-refractivity contribution is 5.31. The van der Waals surface area contributed by atoms with Crippen molar-refractivity contribution in [3.8, 4) is 5.75 Å². The van der Waals surface area contributed by atoms with E-state index < -0.39 is 111 Å². The Balaban J connectivity index is 3.25. The van der Waals surface area contributed by atoms with Gasteiger partial charge in [0.05, 0.1) is 22.2 Å². The smallest absolute Gasteiger partial charge is 0.118 e. The van der Waals surface area contributed by atoms with Gasteiger partial charge in [-0.2, -0.15) is 0 Å². The molecule has 1 aromatic rings. The standard InChI is InChI=1S/C17H27NO2/c1-18(2)13-16(17(19)11-5-4-6-12-17)14-7-9-15(20-3)10-8-14/h7-10,16,19H,4-6,11-13H2,1-3H3/i1D3,2D3,3D3,4D2,5D2,6D2,7D,8D,9D,10D,11D2,12D2. The van der Waals surface area contributed by atoms with Gasteiger partial charge in [0.1, 0.15) is 5.75 Å². The molecule has 0 aromatic heterocycles. The van der Waals surface area contributed by atoms with Crippen LogP contribution in [0, 0.1) is 0 Å². The average Bonchev–Trinajstić information content (AvgIpc) is 2.78. The molecule has 1 aliphatic carbocycles. The quantitative estimate of drug-likeness (QED) is 0.907. The Kier molecular flexibility index (Phi) is 1.09. The van der Waals surface area contributed by atoms with Crippen molar-refractivity contribution in [2.45, 2.75) is 43.4 Å². The predicted octanol–water partition coefficient (Wildman–Crippen LogP) is 3.04. The maximum atomic E-state index is 12.0. The number of hydrogen-bond acceptors (Lipinski definition) is 3. The van der Waals surface area contributed by atoms with E-state index in [9.17, 15) is 5.11 Å². The second-order valence-corrected chi connectivity index (χ2v) is 3.90. The molecule has 20 heavy (non-hydrogen) atoms. The van der Waals surface area contributed by atoms with Crippen LogP contribution in [0.5, 0.6) is 5.75 Å². The third-order valence-electron chi connectivity index (χ3n) is 2.57. The number of ether oxygens (including phenoxy) is 1. The molecule has 3 heteroatoms. The topological polar surface area (TPSA) is 32.7 Å². The SMILES string of the molecule is [2H]c1c([2H])c(C(CN(C([2H])([2H])[2H])C([2H])([2H])[2H])C2(O)C([2H])([2H])C([2H])([2H])C([2H])([2H])C([2H])([2H])C2([2H])[2H])c([2H])c([2H])c1OC([2H])([2H])[2H]. The molecule has 1 fully saturated rings. The fourth-order valence-corrected chi connectivity index (χ4v) is 1.64. The third kappa shape index (κ3) is 3.53. The van der Waals surface area contributed by atoms with Crippen molar-refractivity contribution < 1.29 is 41.4 Å². The van der Waals surface area contributed by atoms with Crippen LogP contribution in [0.1, 0.15) is 74.9 Å². The van der Waals surface area contributed by atoms with Crippen LogP contribution in [0.15, 0.2) is 24.2 Å². The van der Waals surface area contributed by atoms with Crippen molar-refractivity contribution in [3.63, 3.8) is 0 Å². The summed E-state index contributed by atoms with van der Waals surface area (Å²) in [5, 5.41) is 12.0. The lowest BCUT2D eigenvalue weighted by Gasteiger charge is -2.40. The van der Waals surface area contributed by atoms with Crippen LogP contribution in [0.2, 0.25) is 0 Å². The minimum absolute atomic E-state index is 0.415. The summed E-state index contributed by atoms with van der Waals surface area (Å²) in [5.74, 6) is -4.25. The molecular weight excluding hydrogens is 250 g/mol. The van der Waals surface area contributed by atoms with Crippen molar-refractivity contribution in [3.05, 3.63) is 29.7 Å². The van der Waals surface area contributed by atoms with E-state index >= 15 is 0 Å². The van der Waals surface area contributed by atoms with Crippen molar-refractivity contribution in [1.29, 1.82) is 0 Å². The summed E-state index contributed by atoms with van der Waals surface area (Å²) in [6.45, 7) is -9.24. The normalized spacial score (nSPS) is 51.2. The minimum Gasteiger partial charge on any atom is -0.497 e. The van der Waals surface area contributed by atoms with E-state index in [0.29, 0.717) is 0 Å². The highest BCUT2D eigenvalue weighted by Crippen LogP contribution is 2.40. The molecule has 2 rings (SSSR count). The van der Waals surface area contributed by atoms with Crippen LogP contribution in [-0.4, -0.2) is 43.1 Å². The number of nitrogens with zero attached hydrogens (tertiary/aromatic N) is 1. The highest BCUT2D eigenvalue weighted by Gasteiger charge is 2.38. The first-order chi connectivity index (χ1) is 18.6. The van der Waals surface area contributed by atoms with Crippen molar-refractivity contribution in [2.24, 2.45) is 0 Å². The molecule has 1 atom stereocenters. The molecule has 0 saturated heterocycles. The van der Waals surface area contributed by atoms with Gasteiger partial charge in [-0.1, -0.05) is 31.2 Å². The molecule has 0 bridgehead atoms. The summed E-state index contributed by atoms with van der Waals surface area (Å²) in [5.41, 5.74) is -5.76. The number of benzene rings is 1. The molecular formula is C17H27NO2. The fourth-order valence-electron chi connectivity index (χ4n) is 1.64. The molecule has 0 radical (unpaired) electrons. The number of rotatable bonds is 5. The third-order valence-corrected chi connectivity index (χ3v) is 2.57. The molecule has 112 valence electrons. The van der Waals surface area contributed by atoms with Gasteiger partial charge in [0, 0.05) is 34.4 Å². The Labute approximate surface area is 154 Å². The van der Waals surface area contributed by atoms with E-state index in [0.717, 1.165) is 0 Å². The van der Waals surface area contributed by atoms with E-state index in [1.54, 1.807) is 0 Å². The first kappa shape index (κ1) is 3.31. The van der Waals surface area contributed by atoms with Crippen LogP contribution < -0.4 is 4.74 Å². The van der Waals surface area contributed by atoms with Crippen LogP contribution >= 0.6 is 0 Å². The molecule has 0 spiro atoms. The van der Waals surface area contributed by atoms with Crippen LogP contribution in [0.3, 0.4) is 0 Å². The molecule has 1 N–H and O–H groups in total. The van der Waals surface area contributed by atoms with Crippen molar-refractivity contribution in [2.75, 3.05) is 27.5 Å². The largest absolute Gasteiger partial charge is 0.497 e. The highest BCUT2D eigenvalue weighted by atomic mass is 16.5. The van der Waals surface area contributed by atoms with Gasteiger partial charge in [0.15, 0.2) is 0 Å². The Morgan fingerprint density at radius 3 is 2.65 bits per heavy atom. The lowest BCUT2D eigenvalue weighted by atomic mass is 9.72. The van der Waals surface area contributed by atoms with Crippen LogP contribution in [0.25, 0.3) is 0 Å². The number of hydrogen-bond donors (Lipinski definition) is 1. The zero-order valence-corrected chi connectivity index (χ0v) is 10.1. The lowest BCUT2D eigenvalue weighted by molar-refractivity contribution is -0.0277. The van der Waals surface area contributed by atoms with E-state index in [-0.39, 0.29) is 0 Å². The zero-order valence-electron chi connectivity index (χ0n) is 33.1. The number of methoxy groups -OCH3 is 1. The van der Waals surface area contributed by atoms with E-state index in [4.69, 9.17) is 31.5 Å². The van der Waals surface area contributed by atoms with E-state index in [2.05, 4.69) is 4.74 Å². The molecule has 0 amide bonds.